The van der Waals surface area contributed by atoms with E-state index in [4.69, 9.17) is 4.84 Å². The highest BCUT2D eigenvalue weighted by molar-refractivity contribution is 5.85. The number of amides is 2. The summed E-state index contributed by atoms with van der Waals surface area (Å²) >= 11 is 0. The number of rotatable bonds is 10. The minimum absolute atomic E-state index is 0. The van der Waals surface area contributed by atoms with Gasteiger partial charge in [-0.05, 0) is 42.4 Å². The fourth-order valence-corrected chi connectivity index (χ4v) is 3.62. The smallest absolute Gasteiger partial charge is 0.334 e. The number of nitrogens with zero attached hydrogens (tertiary/aromatic N) is 1. The maximum atomic E-state index is 12.0. The van der Waals surface area contributed by atoms with E-state index in [0.29, 0.717) is 19.6 Å². The van der Waals surface area contributed by atoms with Crippen LogP contribution in [0.4, 0.5) is 0 Å². The van der Waals surface area contributed by atoms with Crippen molar-refractivity contribution in [3.8, 4) is 0 Å². The van der Waals surface area contributed by atoms with Gasteiger partial charge in [-0.15, -0.1) is 12.4 Å². The number of aryl methyl sites for hydroxylation is 2. The molecule has 178 valence electrons. The van der Waals surface area contributed by atoms with Gasteiger partial charge >= 0.3 is 5.97 Å². The maximum Gasteiger partial charge on any atom is 0.334 e. The summed E-state index contributed by atoms with van der Waals surface area (Å²) in [4.78, 5) is 42.0. The number of nitrogens with one attached hydrogen (secondary N) is 2. The summed E-state index contributed by atoms with van der Waals surface area (Å²) in [6, 6.07) is 18.4. The van der Waals surface area contributed by atoms with Gasteiger partial charge in [0, 0.05) is 19.6 Å². The first-order valence-corrected chi connectivity index (χ1v) is 11.2. The molecule has 2 aromatic carbocycles. The van der Waals surface area contributed by atoms with Crippen molar-refractivity contribution < 1.29 is 19.2 Å². The maximum absolute atomic E-state index is 12.0. The van der Waals surface area contributed by atoms with E-state index in [1.165, 1.54) is 11.1 Å². The second-order valence-corrected chi connectivity index (χ2v) is 7.99. The van der Waals surface area contributed by atoms with Gasteiger partial charge in [-0.3, -0.25) is 9.59 Å². The molecule has 2 aromatic rings. The largest absolute Gasteiger partial charge is 0.341 e. The van der Waals surface area contributed by atoms with Gasteiger partial charge in [0.15, 0.2) is 0 Å². The van der Waals surface area contributed by atoms with Gasteiger partial charge in [0.1, 0.15) is 0 Å². The molecule has 1 saturated heterocycles. The minimum Gasteiger partial charge on any atom is -0.341 e. The average Bonchev–Trinajstić information content (AvgIpc) is 2.82. The third-order valence-corrected chi connectivity index (χ3v) is 5.46. The molecule has 7 nitrogen and oxygen atoms in total. The van der Waals surface area contributed by atoms with Gasteiger partial charge < -0.3 is 15.1 Å². The topological polar surface area (TPSA) is 87.7 Å². The molecule has 1 fully saturated rings. The molecule has 1 aliphatic heterocycles. The molecule has 33 heavy (non-hydrogen) atoms. The molecule has 0 radical (unpaired) electrons. The van der Waals surface area contributed by atoms with E-state index in [1.54, 1.807) is 4.90 Å². The number of carbonyl (C=O) groups excluding carboxylic acids is 3. The summed E-state index contributed by atoms with van der Waals surface area (Å²) in [5.41, 5.74) is 5.67. The summed E-state index contributed by atoms with van der Waals surface area (Å²) in [6.07, 6.45) is 4.53. The first-order chi connectivity index (χ1) is 15.6. The van der Waals surface area contributed by atoms with Gasteiger partial charge in [0.2, 0.25) is 5.91 Å². The number of halogens is 1. The summed E-state index contributed by atoms with van der Waals surface area (Å²) < 4.78 is 0. The summed E-state index contributed by atoms with van der Waals surface area (Å²) in [5.74, 6) is -0.976. The van der Waals surface area contributed by atoms with Crippen molar-refractivity contribution in [3.05, 3.63) is 71.3 Å². The third-order valence-electron chi connectivity index (χ3n) is 5.46. The van der Waals surface area contributed by atoms with E-state index >= 15 is 0 Å². The van der Waals surface area contributed by atoms with Crippen molar-refractivity contribution in [1.29, 1.82) is 0 Å². The molecule has 2 amide bonds. The normalized spacial score (nSPS) is 13.2. The van der Waals surface area contributed by atoms with E-state index in [9.17, 15) is 14.4 Å². The minimum atomic E-state index is -0.560. The van der Waals surface area contributed by atoms with Crippen molar-refractivity contribution >= 4 is 30.2 Å². The molecule has 0 bridgehead atoms. The first kappa shape index (κ1) is 26.4. The van der Waals surface area contributed by atoms with Gasteiger partial charge in [-0.25, -0.2) is 4.79 Å². The number of carbonyl (C=O) groups is 3. The molecule has 8 heteroatoms. The van der Waals surface area contributed by atoms with Gasteiger partial charge in [-0.2, -0.15) is 5.48 Å². The van der Waals surface area contributed by atoms with E-state index in [-0.39, 0.29) is 43.6 Å². The fraction of sp³-hybridized carbons (Fsp3) is 0.400. The Labute approximate surface area is 201 Å². The molecule has 0 unspecified atom stereocenters. The summed E-state index contributed by atoms with van der Waals surface area (Å²) in [7, 11) is 0. The van der Waals surface area contributed by atoms with Gasteiger partial charge in [0.25, 0.3) is 5.91 Å². The molecule has 0 aliphatic carbocycles. The highest BCUT2D eigenvalue weighted by Crippen LogP contribution is 2.11. The third kappa shape index (κ3) is 9.63. The number of benzene rings is 2. The van der Waals surface area contributed by atoms with Crippen molar-refractivity contribution in [2.24, 2.45) is 0 Å². The Balaban J connectivity index is 0.00000385. The monoisotopic (exact) mass is 473 g/mol. The molecule has 0 saturated carbocycles. The van der Waals surface area contributed by atoms with Crippen LogP contribution in [0.2, 0.25) is 0 Å². The van der Waals surface area contributed by atoms with Crippen LogP contribution in [0, 0.1) is 0 Å². The van der Waals surface area contributed by atoms with E-state index in [0.717, 1.165) is 31.2 Å². The SMILES string of the molecule is Cl.O=C(Cc1ccc(CCCCc2ccccc2)cc1)NOC(=O)CCN1CCNCC1=O. The Bertz CT molecular complexity index is 890. The molecule has 2 N–H and O–H groups in total. The lowest BCUT2D eigenvalue weighted by molar-refractivity contribution is -0.158. The zero-order chi connectivity index (χ0) is 22.6. The molecule has 1 aliphatic rings. The number of piperazine rings is 1. The standard InChI is InChI=1S/C25H31N3O4.ClH/c29-23(27-32-25(31)14-16-28-17-15-26-19-24(28)30)18-22-12-10-21(11-13-22)9-5-4-8-20-6-2-1-3-7-20;/h1-3,6-7,10-13,26H,4-5,8-9,14-19H2,(H,27,29);1H. The van der Waals surface area contributed by atoms with E-state index in [1.807, 2.05) is 30.3 Å². The lowest BCUT2D eigenvalue weighted by Crippen LogP contribution is -2.48. The molecule has 1 heterocycles. The number of hydroxylamine groups is 1. The molecule has 0 aromatic heterocycles. The van der Waals surface area contributed by atoms with Crippen LogP contribution in [-0.4, -0.2) is 48.9 Å². The van der Waals surface area contributed by atoms with E-state index < -0.39 is 5.97 Å². The quantitative estimate of drug-likeness (QED) is 0.409. The Hall–Kier alpha value is -2.90. The Morgan fingerprint density at radius 1 is 0.939 bits per heavy atom. The van der Waals surface area contributed by atoms with Gasteiger partial charge in [-0.1, -0.05) is 54.6 Å². The molecular weight excluding hydrogens is 442 g/mol. The van der Waals surface area contributed by atoms with Crippen molar-refractivity contribution in [3.63, 3.8) is 0 Å². The van der Waals surface area contributed by atoms with Gasteiger partial charge in [0.05, 0.1) is 19.4 Å². The zero-order valence-corrected chi connectivity index (χ0v) is 19.6. The fourth-order valence-electron chi connectivity index (χ4n) is 3.62. The number of hydrogen-bond acceptors (Lipinski definition) is 5. The van der Waals surface area contributed by atoms with Crippen molar-refractivity contribution in [2.45, 2.75) is 38.5 Å². The van der Waals surface area contributed by atoms with E-state index in [2.05, 4.69) is 35.1 Å². The Kier molecular flexibility index (Phi) is 11.4. The molecule has 0 spiro atoms. The lowest BCUT2D eigenvalue weighted by Gasteiger charge is -2.26. The number of unbranched alkanes of at least 4 members (excludes halogenated alkanes) is 1. The second-order valence-electron chi connectivity index (χ2n) is 7.99. The van der Waals surface area contributed by atoms with Crippen molar-refractivity contribution in [1.82, 2.24) is 15.7 Å². The predicted molar refractivity (Wildman–Crippen MR) is 129 cm³/mol. The molecular formula is C25H32ClN3O4. The summed E-state index contributed by atoms with van der Waals surface area (Å²) in [6.45, 7) is 1.87. The highest BCUT2D eigenvalue weighted by Gasteiger charge is 2.18. The molecule has 0 atom stereocenters. The predicted octanol–water partition coefficient (Wildman–Crippen LogP) is 2.61. The Morgan fingerprint density at radius 2 is 1.58 bits per heavy atom. The van der Waals surface area contributed by atoms with Crippen molar-refractivity contribution in [2.75, 3.05) is 26.2 Å². The van der Waals surface area contributed by atoms with Crippen LogP contribution < -0.4 is 10.8 Å². The van der Waals surface area contributed by atoms with Crippen LogP contribution in [-0.2, 0) is 38.5 Å². The van der Waals surface area contributed by atoms with Crippen LogP contribution in [0.1, 0.15) is 36.0 Å². The van der Waals surface area contributed by atoms with Crippen LogP contribution in [0.5, 0.6) is 0 Å². The first-order valence-electron chi connectivity index (χ1n) is 11.2. The molecule has 3 rings (SSSR count). The Morgan fingerprint density at radius 3 is 2.24 bits per heavy atom. The van der Waals surface area contributed by atoms with Crippen LogP contribution >= 0.6 is 12.4 Å². The number of hydrogen-bond donors (Lipinski definition) is 2. The zero-order valence-electron chi connectivity index (χ0n) is 18.8. The highest BCUT2D eigenvalue weighted by atomic mass is 35.5. The second kappa shape index (κ2) is 14.3. The van der Waals surface area contributed by atoms with Crippen LogP contribution in [0.25, 0.3) is 0 Å². The van der Waals surface area contributed by atoms with Crippen LogP contribution in [0.15, 0.2) is 54.6 Å². The average molecular weight is 474 g/mol. The summed E-state index contributed by atoms with van der Waals surface area (Å²) in [5, 5.41) is 2.97. The lowest BCUT2D eigenvalue weighted by atomic mass is 10.0. The van der Waals surface area contributed by atoms with Crippen LogP contribution in [0.3, 0.4) is 0 Å².